The van der Waals surface area contributed by atoms with Crippen LogP contribution in [0.5, 0.6) is 0 Å². The number of aryl methyl sites for hydroxylation is 1. The molecule has 0 N–H and O–H groups in total. The van der Waals surface area contributed by atoms with Crippen molar-refractivity contribution in [1.82, 2.24) is 14.5 Å². The van der Waals surface area contributed by atoms with Crippen molar-refractivity contribution in [1.29, 1.82) is 0 Å². The molecule has 134 valence electrons. The first-order valence-corrected chi connectivity index (χ1v) is 9.16. The lowest BCUT2D eigenvalue weighted by Crippen LogP contribution is -2.22. The van der Waals surface area contributed by atoms with Crippen molar-refractivity contribution in [3.63, 3.8) is 0 Å². The summed E-state index contributed by atoms with van der Waals surface area (Å²) in [4.78, 5) is 23.0. The lowest BCUT2D eigenvalue weighted by Gasteiger charge is -2.16. The number of rotatable bonds is 2. The lowest BCUT2D eigenvalue weighted by atomic mass is 10.1. The van der Waals surface area contributed by atoms with E-state index in [1.807, 2.05) is 85.8 Å². The molecule has 0 aliphatic carbocycles. The Balaban J connectivity index is 1.98. The number of aromatic nitrogens is 3. The summed E-state index contributed by atoms with van der Waals surface area (Å²) in [5, 5.41) is 1.47. The second-order valence-electron chi connectivity index (χ2n) is 6.76. The van der Waals surface area contributed by atoms with Crippen molar-refractivity contribution in [3.05, 3.63) is 101 Å². The molecule has 2 heterocycles. The fraction of sp³-hybridized carbons (Fsp3) is 0.0417. The van der Waals surface area contributed by atoms with Crippen LogP contribution in [0.1, 0.15) is 5.56 Å². The second kappa shape index (κ2) is 6.43. The van der Waals surface area contributed by atoms with Gasteiger partial charge in [0.15, 0.2) is 0 Å². The predicted molar refractivity (Wildman–Crippen MR) is 113 cm³/mol. The van der Waals surface area contributed by atoms with Crippen LogP contribution in [0.4, 0.5) is 0 Å². The number of nitrogens with zero attached hydrogens (tertiary/aromatic N) is 3. The molecule has 0 aliphatic rings. The van der Waals surface area contributed by atoms with Crippen LogP contribution in [-0.4, -0.2) is 14.5 Å². The van der Waals surface area contributed by atoms with Gasteiger partial charge in [-0.15, -0.1) is 0 Å². The standard InChI is InChI=1S/C24H17N3O/c1-16-8-5-6-12-21(16)27-23(17-9-3-2-4-10-17)26-22-18-11-7-15-25-20(18)14-13-19(22)24(27)28/h2-15H,1H3. The third-order valence-electron chi connectivity index (χ3n) is 5.01. The molecule has 0 bridgehead atoms. The molecule has 0 unspecified atom stereocenters. The summed E-state index contributed by atoms with van der Waals surface area (Å²) in [6, 6.07) is 25.2. The van der Waals surface area contributed by atoms with Gasteiger partial charge in [0.05, 0.1) is 22.1 Å². The van der Waals surface area contributed by atoms with E-state index in [0.717, 1.165) is 27.7 Å². The van der Waals surface area contributed by atoms with Crippen LogP contribution in [0.2, 0.25) is 0 Å². The summed E-state index contributed by atoms with van der Waals surface area (Å²) in [6.45, 7) is 2.01. The third-order valence-corrected chi connectivity index (χ3v) is 5.01. The van der Waals surface area contributed by atoms with E-state index in [4.69, 9.17) is 4.98 Å². The van der Waals surface area contributed by atoms with Gasteiger partial charge in [-0.1, -0.05) is 48.5 Å². The Morgan fingerprint density at radius 2 is 1.57 bits per heavy atom. The molecule has 0 saturated carbocycles. The van der Waals surface area contributed by atoms with Crippen LogP contribution >= 0.6 is 0 Å². The number of benzene rings is 3. The first-order chi connectivity index (χ1) is 13.7. The quantitative estimate of drug-likeness (QED) is 0.419. The zero-order chi connectivity index (χ0) is 19.1. The Morgan fingerprint density at radius 3 is 2.39 bits per heavy atom. The molecule has 4 heteroatoms. The third kappa shape index (κ3) is 2.50. The fourth-order valence-electron chi connectivity index (χ4n) is 3.62. The van der Waals surface area contributed by atoms with Gasteiger partial charge in [-0.05, 0) is 42.8 Å². The molecular weight excluding hydrogens is 346 g/mol. The molecule has 0 saturated heterocycles. The maximum atomic E-state index is 13.6. The summed E-state index contributed by atoms with van der Waals surface area (Å²) >= 11 is 0. The van der Waals surface area contributed by atoms with Crippen molar-refractivity contribution < 1.29 is 0 Å². The zero-order valence-corrected chi connectivity index (χ0v) is 15.3. The van der Waals surface area contributed by atoms with Gasteiger partial charge in [0.25, 0.3) is 5.56 Å². The summed E-state index contributed by atoms with van der Waals surface area (Å²) in [6.07, 6.45) is 1.75. The Morgan fingerprint density at radius 1 is 0.786 bits per heavy atom. The molecule has 0 spiro atoms. The highest BCUT2D eigenvalue weighted by molar-refractivity contribution is 6.03. The molecule has 0 amide bonds. The normalized spacial score (nSPS) is 11.2. The molecule has 3 aromatic carbocycles. The molecule has 0 radical (unpaired) electrons. The monoisotopic (exact) mass is 363 g/mol. The van der Waals surface area contributed by atoms with Gasteiger partial charge in [-0.2, -0.15) is 0 Å². The zero-order valence-electron chi connectivity index (χ0n) is 15.3. The molecule has 2 aromatic heterocycles. The maximum Gasteiger partial charge on any atom is 0.266 e. The number of hydrogen-bond acceptors (Lipinski definition) is 3. The number of fused-ring (bicyclic) bond motifs is 3. The molecule has 4 nitrogen and oxygen atoms in total. The minimum atomic E-state index is -0.0797. The van der Waals surface area contributed by atoms with Crippen molar-refractivity contribution in [2.24, 2.45) is 0 Å². The minimum absolute atomic E-state index is 0.0797. The molecule has 0 aliphatic heterocycles. The summed E-state index contributed by atoms with van der Waals surface area (Å²) in [5.41, 5.74) is 4.18. The van der Waals surface area contributed by atoms with Crippen LogP contribution in [0.3, 0.4) is 0 Å². The highest BCUT2D eigenvalue weighted by atomic mass is 16.1. The van der Waals surface area contributed by atoms with Crippen LogP contribution in [-0.2, 0) is 0 Å². The Hall–Kier alpha value is -3.79. The molecule has 28 heavy (non-hydrogen) atoms. The van der Waals surface area contributed by atoms with E-state index in [1.54, 1.807) is 10.8 Å². The minimum Gasteiger partial charge on any atom is -0.268 e. The van der Waals surface area contributed by atoms with Crippen molar-refractivity contribution in [3.8, 4) is 17.1 Å². The van der Waals surface area contributed by atoms with Gasteiger partial charge >= 0.3 is 0 Å². The van der Waals surface area contributed by atoms with Crippen LogP contribution in [0.15, 0.2) is 89.9 Å². The Labute approximate surface area is 161 Å². The molecular formula is C24H17N3O. The topological polar surface area (TPSA) is 47.8 Å². The molecule has 0 fully saturated rings. The highest BCUT2D eigenvalue weighted by Crippen LogP contribution is 2.26. The van der Waals surface area contributed by atoms with Gasteiger partial charge in [-0.3, -0.25) is 14.3 Å². The van der Waals surface area contributed by atoms with E-state index in [2.05, 4.69) is 4.98 Å². The lowest BCUT2D eigenvalue weighted by molar-refractivity contribution is 0.966. The van der Waals surface area contributed by atoms with E-state index in [9.17, 15) is 4.79 Å². The number of pyridine rings is 1. The van der Waals surface area contributed by atoms with Gasteiger partial charge < -0.3 is 0 Å². The predicted octanol–water partition coefficient (Wildman–Crippen LogP) is 4.91. The van der Waals surface area contributed by atoms with Crippen molar-refractivity contribution in [2.75, 3.05) is 0 Å². The van der Waals surface area contributed by atoms with Crippen molar-refractivity contribution in [2.45, 2.75) is 6.92 Å². The first kappa shape index (κ1) is 16.4. The average molecular weight is 363 g/mol. The van der Waals surface area contributed by atoms with Crippen LogP contribution < -0.4 is 5.56 Å². The molecule has 5 aromatic rings. The largest absolute Gasteiger partial charge is 0.268 e. The SMILES string of the molecule is Cc1ccccc1-n1c(-c2ccccc2)nc2c(ccc3ncccc32)c1=O. The Bertz CT molecular complexity index is 1390. The number of para-hydroxylation sites is 1. The van der Waals surface area contributed by atoms with E-state index < -0.39 is 0 Å². The summed E-state index contributed by atoms with van der Waals surface area (Å²) < 4.78 is 1.72. The maximum absolute atomic E-state index is 13.6. The highest BCUT2D eigenvalue weighted by Gasteiger charge is 2.17. The molecule has 0 atom stereocenters. The first-order valence-electron chi connectivity index (χ1n) is 9.16. The van der Waals surface area contributed by atoms with E-state index in [1.165, 1.54) is 0 Å². The summed E-state index contributed by atoms with van der Waals surface area (Å²) in [7, 11) is 0. The van der Waals surface area contributed by atoms with E-state index >= 15 is 0 Å². The fourth-order valence-corrected chi connectivity index (χ4v) is 3.62. The van der Waals surface area contributed by atoms with Gasteiger partial charge in [0.1, 0.15) is 5.82 Å². The average Bonchev–Trinajstić information content (AvgIpc) is 2.75. The Kier molecular flexibility index (Phi) is 3.76. The second-order valence-corrected chi connectivity index (χ2v) is 6.76. The number of hydrogen-bond donors (Lipinski definition) is 0. The van der Waals surface area contributed by atoms with Crippen LogP contribution in [0, 0.1) is 6.92 Å². The van der Waals surface area contributed by atoms with Gasteiger partial charge in [0, 0.05) is 17.1 Å². The van der Waals surface area contributed by atoms with Gasteiger partial charge in [0.2, 0.25) is 0 Å². The van der Waals surface area contributed by atoms with E-state index in [-0.39, 0.29) is 5.56 Å². The smallest absolute Gasteiger partial charge is 0.266 e. The van der Waals surface area contributed by atoms with Crippen LogP contribution in [0.25, 0.3) is 38.9 Å². The van der Waals surface area contributed by atoms with Gasteiger partial charge in [-0.25, -0.2) is 4.98 Å². The van der Waals surface area contributed by atoms with E-state index in [0.29, 0.717) is 16.7 Å². The summed E-state index contributed by atoms with van der Waals surface area (Å²) in [5.74, 6) is 0.628. The van der Waals surface area contributed by atoms with Crippen molar-refractivity contribution >= 4 is 21.8 Å². The molecule has 5 rings (SSSR count).